The molecule has 114 valence electrons. The smallest absolute Gasteiger partial charge is 0.246 e. The highest BCUT2D eigenvalue weighted by atomic mass is 16.5. The quantitative estimate of drug-likeness (QED) is 0.713. The zero-order chi connectivity index (χ0) is 14.7. The van der Waals surface area contributed by atoms with E-state index in [2.05, 4.69) is 12.2 Å². The van der Waals surface area contributed by atoms with E-state index in [1.807, 2.05) is 13.8 Å². The van der Waals surface area contributed by atoms with Crippen molar-refractivity contribution in [1.29, 1.82) is 0 Å². The van der Waals surface area contributed by atoms with E-state index in [9.17, 15) is 9.59 Å². The van der Waals surface area contributed by atoms with Crippen molar-refractivity contribution in [2.24, 2.45) is 11.8 Å². The summed E-state index contributed by atoms with van der Waals surface area (Å²) in [7, 11) is 0. The van der Waals surface area contributed by atoms with Crippen molar-refractivity contribution >= 4 is 11.8 Å². The van der Waals surface area contributed by atoms with Crippen LogP contribution in [0.5, 0.6) is 0 Å². The molecule has 0 aromatic carbocycles. The monoisotopic (exact) mass is 282 g/mol. The fourth-order valence-corrected chi connectivity index (χ4v) is 2.75. The minimum absolute atomic E-state index is 0.0151. The van der Waals surface area contributed by atoms with Crippen LogP contribution in [0.4, 0.5) is 0 Å². The number of carbonyl (C=O) groups is 2. The van der Waals surface area contributed by atoms with Crippen LogP contribution in [0.15, 0.2) is 0 Å². The molecule has 2 amide bonds. The number of piperazine rings is 1. The number of nitrogens with zero attached hydrogens (tertiary/aromatic N) is 1. The van der Waals surface area contributed by atoms with Gasteiger partial charge in [0.2, 0.25) is 11.8 Å². The SMILES string of the molecule is CCCOCCN1C(=O)C(C(C)C)NC(=O)C1C1CC1. The van der Waals surface area contributed by atoms with Gasteiger partial charge in [0.25, 0.3) is 0 Å². The Kier molecular flexibility index (Phi) is 5.02. The van der Waals surface area contributed by atoms with Gasteiger partial charge in [-0.15, -0.1) is 0 Å². The van der Waals surface area contributed by atoms with Crippen LogP contribution < -0.4 is 5.32 Å². The van der Waals surface area contributed by atoms with Crippen molar-refractivity contribution in [2.45, 2.75) is 52.1 Å². The van der Waals surface area contributed by atoms with Crippen LogP contribution in [0.1, 0.15) is 40.0 Å². The number of hydrogen-bond donors (Lipinski definition) is 1. The number of hydrogen-bond acceptors (Lipinski definition) is 3. The van der Waals surface area contributed by atoms with Gasteiger partial charge in [-0.3, -0.25) is 9.59 Å². The highest BCUT2D eigenvalue weighted by Gasteiger charge is 2.48. The maximum absolute atomic E-state index is 12.6. The van der Waals surface area contributed by atoms with E-state index in [-0.39, 0.29) is 29.8 Å². The molecule has 2 aliphatic rings. The molecule has 20 heavy (non-hydrogen) atoms. The normalized spacial score (nSPS) is 27.1. The molecule has 0 radical (unpaired) electrons. The fraction of sp³-hybridized carbons (Fsp3) is 0.867. The largest absolute Gasteiger partial charge is 0.380 e. The first-order valence-electron chi connectivity index (χ1n) is 7.74. The van der Waals surface area contributed by atoms with Crippen LogP contribution in [-0.4, -0.2) is 48.6 Å². The van der Waals surface area contributed by atoms with Crippen molar-refractivity contribution in [2.75, 3.05) is 19.8 Å². The molecule has 0 aromatic rings. The van der Waals surface area contributed by atoms with Crippen LogP contribution >= 0.6 is 0 Å². The molecule has 0 bridgehead atoms. The highest BCUT2D eigenvalue weighted by molar-refractivity contribution is 5.97. The fourth-order valence-electron chi connectivity index (χ4n) is 2.75. The molecule has 0 spiro atoms. The summed E-state index contributed by atoms with van der Waals surface area (Å²) in [5, 5.41) is 2.90. The third kappa shape index (κ3) is 3.32. The first-order valence-corrected chi connectivity index (χ1v) is 7.74. The number of ether oxygens (including phenoxy) is 1. The molecular formula is C15H26N2O3. The molecule has 1 saturated heterocycles. The minimum atomic E-state index is -0.385. The van der Waals surface area contributed by atoms with Crippen molar-refractivity contribution in [1.82, 2.24) is 10.2 Å². The van der Waals surface area contributed by atoms with E-state index >= 15 is 0 Å². The third-order valence-electron chi connectivity index (χ3n) is 4.01. The number of amides is 2. The lowest BCUT2D eigenvalue weighted by atomic mass is 9.96. The zero-order valence-electron chi connectivity index (χ0n) is 12.7. The average molecular weight is 282 g/mol. The van der Waals surface area contributed by atoms with Crippen LogP contribution in [0.3, 0.4) is 0 Å². The maximum Gasteiger partial charge on any atom is 0.246 e. The number of rotatable bonds is 7. The van der Waals surface area contributed by atoms with Crippen LogP contribution in [0.2, 0.25) is 0 Å². The number of nitrogens with one attached hydrogen (secondary N) is 1. The maximum atomic E-state index is 12.6. The summed E-state index contributed by atoms with van der Waals surface area (Å²) in [6.07, 6.45) is 3.06. The molecule has 5 nitrogen and oxygen atoms in total. The van der Waals surface area contributed by atoms with Gasteiger partial charge in [0.1, 0.15) is 12.1 Å². The summed E-state index contributed by atoms with van der Waals surface area (Å²) in [4.78, 5) is 26.6. The van der Waals surface area contributed by atoms with Crippen LogP contribution in [0.25, 0.3) is 0 Å². The van der Waals surface area contributed by atoms with Crippen molar-refractivity contribution in [3.05, 3.63) is 0 Å². The van der Waals surface area contributed by atoms with Crippen molar-refractivity contribution < 1.29 is 14.3 Å². The highest BCUT2D eigenvalue weighted by Crippen LogP contribution is 2.37. The predicted molar refractivity (Wildman–Crippen MR) is 76.1 cm³/mol. The molecule has 1 aliphatic carbocycles. The standard InChI is InChI=1S/C15H26N2O3/c1-4-8-20-9-7-17-13(11-5-6-11)14(18)16-12(10(2)3)15(17)19/h10-13H,4-9H2,1-3H3,(H,16,18). The Balaban J connectivity index is 2.03. The molecule has 1 heterocycles. The Morgan fingerprint density at radius 1 is 1.30 bits per heavy atom. The van der Waals surface area contributed by atoms with E-state index in [1.165, 1.54) is 0 Å². The second-order valence-electron chi connectivity index (χ2n) is 6.16. The van der Waals surface area contributed by atoms with Crippen LogP contribution in [-0.2, 0) is 14.3 Å². The zero-order valence-corrected chi connectivity index (χ0v) is 12.7. The summed E-state index contributed by atoms with van der Waals surface area (Å²) in [6.45, 7) is 7.73. The van der Waals surface area contributed by atoms with Gasteiger partial charge >= 0.3 is 0 Å². The molecule has 1 N–H and O–H groups in total. The molecule has 2 unspecified atom stereocenters. The van der Waals surface area contributed by atoms with Crippen molar-refractivity contribution in [3.8, 4) is 0 Å². The van der Waals surface area contributed by atoms with Crippen LogP contribution in [0, 0.1) is 11.8 Å². The Morgan fingerprint density at radius 2 is 2.00 bits per heavy atom. The molecular weight excluding hydrogens is 256 g/mol. The minimum Gasteiger partial charge on any atom is -0.380 e. The molecule has 2 fully saturated rings. The molecule has 0 aromatic heterocycles. The molecule has 2 rings (SSSR count). The number of carbonyl (C=O) groups excluding carboxylic acids is 2. The molecule has 1 aliphatic heterocycles. The molecule has 1 saturated carbocycles. The van der Waals surface area contributed by atoms with E-state index in [0.717, 1.165) is 19.3 Å². The Labute approximate surface area is 121 Å². The Bertz CT molecular complexity index is 366. The van der Waals surface area contributed by atoms with Gasteiger partial charge < -0.3 is 15.0 Å². The third-order valence-corrected chi connectivity index (χ3v) is 4.01. The molecule has 5 heteroatoms. The van der Waals surface area contributed by atoms with Gasteiger partial charge in [0.15, 0.2) is 0 Å². The summed E-state index contributed by atoms with van der Waals surface area (Å²) in [5.74, 6) is 0.529. The molecule has 2 atom stereocenters. The summed E-state index contributed by atoms with van der Waals surface area (Å²) >= 11 is 0. The van der Waals surface area contributed by atoms with Gasteiger partial charge in [-0.05, 0) is 31.1 Å². The lowest BCUT2D eigenvalue weighted by molar-refractivity contribution is -0.152. The van der Waals surface area contributed by atoms with Gasteiger partial charge in [-0.25, -0.2) is 0 Å². The van der Waals surface area contributed by atoms with Gasteiger partial charge in [0, 0.05) is 13.2 Å². The second-order valence-corrected chi connectivity index (χ2v) is 6.16. The Morgan fingerprint density at radius 3 is 2.55 bits per heavy atom. The summed E-state index contributed by atoms with van der Waals surface area (Å²) < 4.78 is 5.49. The van der Waals surface area contributed by atoms with Gasteiger partial charge in [0.05, 0.1) is 6.61 Å². The average Bonchev–Trinajstić information content (AvgIpc) is 3.21. The van der Waals surface area contributed by atoms with E-state index < -0.39 is 0 Å². The first-order chi connectivity index (χ1) is 9.56. The van der Waals surface area contributed by atoms with E-state index in [1.54, 1.807) is 4.90 Å². The lowest BCUT2D eigenvalue weighted by Gasteiger charge is -2.40. The first kappa shape index (κ1) is 15.3. The predicted octanol–water partition coefficient (Wildman–Crippen LogP) is 1.17. The topological polar surface area (TPSA) is 58.6 Å². The van der Waals surface area contributed by atoms with Gasteiger partial charge in [-0.1, -0.05) is 20.8 Å². The Hall–Kier alpha value is -1.10. The summed E-state index contributed by atoms with van der Waals surface area (Å²) in [5.41, 5.74) is 0. The van der Waals surface area contributed by atoms with E-state index in [0.29, 0.717) is 25.7 Å². The second kappa shape index (κ2) is 6.57. The van der Waals surface area contributed by atoms with Crippen molar-refractivity contribution in [3.63, 3.8) is 0 Å². The lowest BCUT2D eigenvalue weighted by Crippen LogP contribution is -2.65. The van der Waals surface area contributed by atoms with Gasteiger partial charge in [-0.2, -0.15) is 0 Å². The summed E-state index contributed by atoms with van der Waals surface area (Å²) in [6, 6.07) is -0.661. The van der Waals surface area contributed by atoms with E-state index in [4.69, 9.17) is 4.74 Å².